The number of hydrogen-bond acceptors (Lipinski definition) is 4. The summed E-state index contributed by atoms with van der Waals surface area (Å²) in [6, 6.07) is 7.75. The molecule has 0 saturated heterocycles. The molecule has 7 heteroatoms. The molecule has 2 heterocycles. The summed E-state index contributed by atoms with van der Waals surface area (Å²) in [5, 5.41) is 10.7. The van der Waals surface area contributed by atoms with Crippen LogP contribution in [0.15, 0.2) is 41.7 Å². The lowest BCUT2D eigenvalue weighted by atomic mass is 10.3. The largest absolute Gasteiger partial charge is 0.490 e. The molecule has 3 rings (SSSR count). The molecule has 1 aliphatic heterocycles. The van der Waals surface area contributed by atoms with Crippen LogP contribution in [0, 0.1) is 0 Å². The van der Waals surface area contributed by atoms with Crippen molar-refractivity contribution in [3.05, 3.63) is 36.7 Å². The van der Waals surface area contributed by atoms with Gasteiger partial charge in [0.15, 0.2) is 17.5 Å². The summed E-state index contributed by atoms with van der Waals surface area (Å²) >= 11 is 0. The highest BCUT2D eigenvalue weighted by atomic mass is 16.5. The summed E-state index contributed by atoms with van der Waals surface area (Å²) in [7, 11) is 0. The van der Waals surface area contributed by atoms with Crippen molar-refractivity contribution in [1.29, 1.82) is 0 Å². The lowest BCUT2D eigenvalue weighted by Gasteiger charge is -2.13. The van der Waals surface area contributed by atoms with E-state index < -0.39 is 0 Å². The Labute approximate surface area is 141 Å². The Morgan fingerprint density at radius 1 is 1.29 bits per heavy atom. The molecule has 24 heavy (non-hydrogen) atoms. The average molecular weight is 329 g/mol. The standard InChI is InChI=1S/C17H23N5O2/c1-2-18-17(19-8-10-22-9-3-7-20-22)21-14-5-6-15-16(13-14)24-12-4-11-23-15/h3,5-7,9,13H,2,4,8,10-12H2,1H3,(H2,18,19,21). The summed E-state index contributed by atoms with van der Waals surface area (Å²) < 4.78 is 13.2. The highest BCUT2D eigenvalue weighted by Crippen LogP contribution is 2.32. The molecule has 1 aromatic heterocycles. The number of rotatable bonds is 5. The van der Waals surface area contributed by atoms with E-state index in [1.807, 2.05) is 42.1 Å². The van der Waals surface area contributed by atoms with Gasteiger partial charge in [-0.3, -0.25) is 9.67 Å². The van der Waals surface area contributed by atoms with Crippen LogP contribution >= 0.6 is 0 Å². The molecule has 0 bridgehead atoms. The number of fused-ring (bicyclic) bond motifs is 1. The Bertz CT molecular complexity index is 670. The van der Waals surface area contributed by atoms with E-state index in [2.05, 4.69) is 20.7 Å². The first-order valence-electron chi connectivity index (χ1n) is 8.27. The van der Waals surface area contributed by atoms with Gasteiger partial charge in [-0.2, -0.15) is 5.10 Å². The van der Waals surface area contributed by atoms with Crippen molar-refractivity contribution in [3.8, 4) is 11.5 Å². The zero-order chi connectivity index (χ0) is 16.6. The molecule has 0 saturated carbocycles. The van der Waals surface area contributed by atoms with Gasteiger partial charge in [-0.25, -0.2) is 0 Å². The maximum absolute atomic E-state index is 5.72. The third-order valence-corrected chi connectivity index (χ3v) is 3.51. The van der Waals surface area contributed by atoms with Crippen LogP contribution in [0.5, 0.6) is 11.5 Å². The normalized spacial score (nSPS) is 14.1. The fraction of sp³-hybridized carbons (Fsp3) is 0.412. The number of anilines is 1. The lowest BCUT2D eigenvalue weighted by molar-refractivity contribution is 0.297. The molecule has 2 aromatic rings. The van der Waals surface area contributed by atoms with Crippen molar-refractivity contribution in [1.82, 2.24) is 15.1 Å². The fourth-order valence-electron chi connectivity index (χ4n) is 2.38. The Morgan fingerprint density at radius 3 is 2.96 bits per heavy atom. The second-order valence-corrected chi connectivity index (χ2v) is 5.37. The fourth-order valence-corrected chi connectivity index (χ4v) is 2.38. The molecule has 1 aromatic carbocycles. The van der Waals surface area contributed by atoms with E-state index in [0.717, 1.165) is 42.7 Å². The quantitative estimate of drug-likeness (QED) is 0.649. The minimum absolute atomic E-state index is 0.640. The molecule has 7 nitrogen and oxygen atoms in total. The highest BCUT2D eigenvalue weighted by Gasteiger charge is 2.11. The minimum Gasteiger partial charge on any atom is -0.490 e. The van der Waals surface area contributed by atoms with Crippen LogP contribution in [-0.2, 0) is 6.54 Å². The van der Waals surface area contributed by atoms with Gasteiger partial charge in [0.25, 0.3) is 0 Å². The molecule has 0 amide bonds. The van der Waals surface area contributed by atoms with Gasteiger partial charge < -0.3 is 20.1 Å². The molecule has 0 fully saturated rings. The smallest absolute Gasteiger partial charge is 0.195 e. The molecular formula is C17H23N5O2. The predicted octanol–water partition coefficient (Wildman–Crippen LogP) is 2.12. The van der Waals surface area contributed by atoms with E-state index in [1.165, 1.54) is 0 Å². The SMILES string of the molecule is CCNC(=NCCn1cccn1)Nc1ccc2c(c1)OCCCO2. The zero-order valence-electron chi connectivity index (χ0n) is 13.9. The third-order valence-electron chi connectivity index (χ3n) is 3.51. The van der Waals surface area contributed by atoms with Crippen LogP contribution in [0.2, 0.25) is 0 Å². The van der Waals surface area contributed by atoms with Crippen molar-refractivity contribution < 1.29 is 9.47 Å². The number of aromatic nitrogens is 2. The van der Waals surface area contributed by atoms with Gasteiger partial charge in [-0.1, -0.05) is 0 Å². The first-order valence-corrected chi connectivity index (χ1v) is 8.27. The summed E-state index contributed by atoms with van der Waals surface area (Å²) in [6.07, 6.45) is 4.60. The second-order valence-electron chi connectivity index (χ2n) is 5.37. The number of nitrogens with one attached hydrogen (secondary N) is 2. The second kappa shape index (κ2) is 8.24. The van der Waals surface area contributed by atoms with Gasteiger partial charge in [-0.15, -0.1) is 0 Å². The van der Waals surface area contributed by atoms with Crippen molar-refractivity contribution in [2.45, 2.75) is 19.9 Å². The van der Waals surface area contributed by atoms with E-state index in [9.17, 15) is 0 Å². The molecule has 0 unspecified atom stereocenters. The molecular weight excluding hydrogens is 306 g/mol. The van der Waals surface area contributed by atoms with E-state index in [-0.39, 0.29) is 0 Å². The van der Waals surface area contributed by atoms with Gasteiger partial charge in [0.1, 0.15) is 0 Å². The number of hydrogen-bond donors (Lipinski definition) is 2. The zero-order valence-corrected chi connectivity index (χ0v) is 13.9. The summed E-state index contributed by atoms with van der Waals surface area (Å²) in [6.45, 7) is 5.58. The number of nitrogens with zero attached hydrogens (tertiary/aromatic N) is 3. The maximum atomic E-state index is 5.72. The Morgan fingerprint density at radius 2 is 2.17 bits per heavy atom. The lowest BCUT2D eigenvalue weighted by Crippen LogP contribution is -2.31. The van der Waals surface area contributed by atoms with Crippen LogP contribution in [0.4, 0.5) is 5.69 Å². The van der Waals surface area contributed by atoms with Crippen molar-refractivity contribution >= 4 is 11.6 Å². The van der Waals surface area contributed by atoms with Gasteiger partial charge in [0, 0.05) is 37.1 Å². The number of ether oxygens (including phenoxy) is 2. The van der Waals surface area contributed by atoms with E-state index in [4.69, 9.17) is 9.47 Å². The molecule has 0 atom stereocenters. The first-order chi connectivity index (χ1) is 11.8. The summed E-state index contributed by atoms with van der Waals surface area (Å²) in [5.74, 6) is 2.29. The third kappa shape index (κ3) is 4.41. The average Bonchev–Trinajstić information content (AvgIpc) is 2.99. The van der Waals surface area contributed by atoms with Crippen LogP contribution in [-0.4, -0.2) is 42.0 Å². The molecule has 0 radical (unpaired) electrons. The predicted molar refractivity (Wildman–Crippen MR) is 93.9 cm³/mol. The highest BCUT2D eigenvalue weighted by molar-refractivity contribution is 5.93. The van der Waals surface area contributed by atoms with Crippen LogP contribution < -0.4 is 20.1 Å². The maximum Gasteiger partial charge on any atom is 0.195 e. The van der Waals surface area contributed by atoms with Crippen LogP contribution in [0.1, 0.15) is 13.3 Å². The minimum atomic E-state index is 0.640. The molecule has 1 aliphatic rings. The van der Waals surface area contributed by atoms with Crippen molar-refractivity contribution in [2.24, 2.45) is 4.99 Å². The van der Waals surface area contributed by atoms with Crippen LogP contribution in [0.3, 0.4) is 0 Å². The molecule has 0 aliphatic carbocycles. The number of benzene rings is 1. The molecule has 0 spiro atoms. The summed E-state index contributed by atoms with van der Waals surface area (Å²) in [4.78, 5) is 4.58. The van der Waals surface area contributed by atoms with Crippen LogP contribution in [0.25, 0.3) is 0 Å². The van der Waals surface area contributed by atoms with E-state index in [0.29, 0.717) is 19.8 Å². The van der Waals surface area contributed by atoms with Gasteiger partial charge in [0.05, 0.1) is 26.3 Å². The molecule has 2 N–H and O–H groups in total. The Balaban J connectivity index is 1.65. The number of guanidine groups is 1. The van der Waals surface area contributed by atoms with E-state index >= 15 is 0 Å². The first kappa shape index (κ1) is 16.2. The number of aliphatic imine (C=N–C) groups is 1. The van der Waals surface area contributed by atoms with Crippen molar-refractivity contribution in [3.63, 3.8) is 0 Å². The molecule has 128 valence electrons. The topological polar surface area (TPSA) is 72.7 Å². The summed E-state index contributed by atoms with van der Waals surface area (Å²) in [5.41, 5.74) is 0.915. The van der Waals surface area contributed by atoms with Crippen molar-refractivity contribution in [2.75, 3.05) is 31.6 Å². The van der Waals surface area contributed by atoms with Gasteiger partial charge in [-0.05, 0) is 25.1 Å². The Hall–Kier alpha value is -2.70. The van der Waals surface area contributed by atoms with Gasteiger partial charge in [0.2, 0.25) is 0 Å². The Kier molecular flexibility index (Phi) is 5.55. The monoisotopic (exact) mass is 329 g/mol. The van der Waals surface area contributed by atoms with Gasteiger partial charge >= 0.3 is 0 Å². The van der Waals surface area contributed by atoms with E-state index in [1.54, 1.807) is 6.20 Å².